The van der Waals surface area contributed by atoms with Gasteiger partial charge in [0.1, 0.15) is 0 Å². The van der Waals surface area contributed by atoms with Crippen molar-refractivity contribution in [3.8, 4) is 0 Å². The molecule has 5 heteroatoms. The van der Waals surface area contributed by atoms with E-state index in [0.717, 1.165) is 25.7 Å². The van der Waals surface area contributed by atoms with Crippen LogP contribution in [0.25, 0.3) is 0 Å². The topological polar surface area (TPSA) is 40.6 Å². The number of nitrogens with zero attached hydrogens (tertiary/aromatic N) is 2. The number of hydrogen-bond donors (Lipinski definition) is 0. The third kappa shape index (κ3) is 4.03. The van der Waals surface area contributed by atoms with Gasteiger partial charge in [-0.3, -0.25) is 0 Å². The molecule has 0 aliphatic heterocycles. The van der Waals surface area contributed by atoms with E-state index in [1.165, 1.54) is 8.61 Å². The van der Waals surface area contributed by atoms with Crippen molar-refractivity contribution in [2.24, 2.45) is 0 Å². The predicted octanol–water partition coefficient (Wildman–Crippen LogP) is 2.08. The first-order valence-electron chi connectivity index (χ1n) is 6.11. The molecule has 0 aliphatic carbocycles. The van der Waals surface area contributed by atoms with Crippen LogP contribution >= 0.6 is 0 Å². The highest BCUT2D eigenvalue weighted by atomic mass is 32.2. The minimum atomic E-state index is -3.27. The number of rotatable bonds is 8. The molecular weight excluding hydrogens is 224 g/mol. The first-order valence-corrected chi connectivity index (χ1v) is 7.50. The fourth-order valence-corrected chi connectivity index (χ4v) is 3.18. The summed E-state index contributed by atoms with van der Waals surface area (Å²) in [6.45, 7) is 6.70. The lowest BCUT2D eigenvalue weighted by atomic mass is 10.2. The van der Waals surface area contributed by atoms with Gasteiger partial charge in [0.25, 0.3) is 10.2 Å². The van der Waals surface area contributed by atoms with Crippen LogP contribution in [0.5, 0.6) is 0 Å². The van der Waals surface area contributed by atoms with E-state index in [1.807, 2.05) is 13.8 Å². The maximum atomic E-state index is 12.1. The van der Waals surface area contributed by atoms with E-state index in [-0.39, 0.29) is 6.04 Å². The van der Waals surface area contributed by atoms with Gasteiger partial charge in [0.2, 0.25) is 0 Å². The molecule has 0 aromatic heterocycles. The molecule has 0 N–H and O–H groups in total. The second-order valence-electron chi connectivity index (χ2n) is 4.17. The third-order valence-corrected chi connectivity index (χ3v) is 5.04. The summed E-state index contributed by atoms with van der Waals surface area (Å²) < 4.78 is 27.3. The molecule has 0 atom stereocenters. The van der Waals surface area contributed by atoms with Gasteiger partial charge < -0.3 is 0 Å². The normalized spacial score (nSPS) is 13.0. The summed E-state index contributed by atoms with van der Waals surface area (Å²) in [7, 11) is 0.0647. The Balaban J connectivity index is 4.63. The Hall–Kier alpha value is -0.130. The van der Waals surface area contributed by atoms with Gasteiger partial charge in [-0.05, 0) is 19.3 Å². The smallest absolute Gasteiger partial charge is 0.195 e. The summed E-state index contributed by atoms with van der Waals surface area (Å²) >= 11 is 0. The van der Waals surface area contributed by atoms with Crippen LogP contribution in [0.2, 0.25) is 0 Å². The number of hydrogen-bond acceptors (Lipinski definition) is 2. The zero-order valence-electron chi connectivity index (χ0n) is 11.2. The fraction of sp³-hybridized carbons (Fsp3) is 1.00. The predicted molar refractivity (Wildman–Crippen MR) is 68.6 cm³/mol. The molecule has 0 unspecified atom stereocenters. The van der Waals surface area contributed by atoms with E-state index in [0.29, 0.717) is 6.54 Å². The van der Waals surface area contributed by atoms with Crippen LogP contribution in [0.1, 0.15) is 46.5 Å². The maximum Gasteiger partial charge on any atom is 0.281 e. The fourth-order valence-electron chi connectivity index (χ4n) is 1.71. The zero-order valence-corrected chi connectivity index (χ0v) is 12.0. The average Bonchev–Trinajstić information content (AvgIpc) is 2.27. The molecule has 98 valence electrons. The molecule has 0 aromatic rings. The Morgan fingerprint density at radius 3 is 1.94 bits per heavy atom. The summed E-state index contributed by atoms with van der Waals surface area (Å²) in [4.78, 5) is 0. The van der Waals surface area contributed by atoms with Gasteiger partial charge in [0.05, 0.1) is 0 Å². The molecule has 4 nitrogen and oxygen atoms in total. The van der Waals surface area contributed by atoms with Gasteiger partial charge in [-0.25, -0.2) is 0 Å². The highest BCUT2D eigenvalue weighted by Crippen LogP contribution is 2.14. The van der Waals surface area contributed by atoms with E-state index in [1.54, 1.807) is 14.1 Å². The summed E-state index contributed by atoms with van der Waals surface area (Å²) in [6.07, 6.45) is 3.63. The van der Waals surface area contributed by atoms with Crippen molar-refractivity contribution in [2.45, 2.75) is 52.5 Å². The van der Waals surface area contributed by atoms with Gasteiger partial charge in [-0.1, -0.05) is 27.2 Å². The SMILES string of the molecule is CCCCN(C)S(=O)(=O)N(C)C(CC)CC. The van der Waals surface area contributed by atoms with Crippen molar-refractivity contribution in [3.05, 3.63) is 0 Å². The highest BCUT2D eigenvalue weighted by molar-refractivity contribution is 7.86. The Kier molecular flexibility index (Phi) is 7.19. The van der Waals surface area contributed by atoms with Crippen LogP contribution in [0.15, 0.2) is 0 Å². The van der Waals surface area contributed by atoms with E-state index in [9.17, 15) is 8.42 Å². The van der Waals surface area contributed by atoms with E-state index >= 15 is 0 Å². The first kappa shape index (κ1) is 15.9. The minimum absolute atomic E-state index is 0.106. The molecule has 0 bridgehead atoms. The van der Waals surface area contributed by atoms with Crippen LogP contribution in [0.3, 0.4) is 0 Å². The van der Waals surface area contributed by atoms with Gasteiger partial charge in [-0.15, -0.1) is 0 Å². The lowest BCUT2D eigenvalue weighted by Crippen LogP contribution is -2.44. The van der Waals surface area contributed by atoms with Crippen LogP contribution in [-0.2, 0) is 10.2 Å². The molecular formula is C11H26N2O2S. The largest absolute Gasteiger partial charge is 0.281 e. The van der Waals surface area contributed by atoms with Crippen molar-refractivity contribution in [1.29, 1.82) is 0 Å². The standard InChI is InChI=1S/C11H26N2O2S/c1-6-9-10-12(4)16(14,15)13(5)11(7-2)8-3/h11H,6-10H2,1-5H3. The quantitative estimate of drug-likeness (QED) is 0.662. The Labute approximate surface area is 101 Å². The molecule has 0 amide bonds. The van der Waals surface area contributed by atoms with E-state index in [2.05, 4.69) is 6.92 Å². The Morgan fingerprint density at radius 1 is 1.06 bits per heavy atom. The van der Waals surface area contributed by atoms with Crippen molar-refractivity contribution < 1.29 is 8.42 Å². The first-order chi connectivity index (χ1) is 7.41. The van der Waals surface area contributed by atoms with Crippen LogP contribution < -0.4 is 0 Å². The lowest BCUT2D eigenvalue weighted by molar-refractivity contribution is 0.316. The molecule has 0 saturated heterocycles. The monoisotopic (exact) mass is 250 g/mol. The molecule has 0 aromatic carbocycles. The van der Waals surface area contributed by atoms with E-state index < -0.39 is 10.2 Å². The van der Waals surface area contributed by atoms with Crippen LogP contribution in [0.4, 0.5) is 0 Å². The molecule has 0 radical (unpaired) electrons. The summed E-state index contributed by atoms with van der Waals surface area (Å²) in [5.74, 6) is 0. The van der Waals surface area contributed by atoms with Crippen molar-refractivity contribution in [3.63, 3.8) is 0 Å². The molecule has 0 rings (SSSR count). The molecule has 0 heterocycles. The maximum absolute atomic E-state index is 12.1. The van der Waals surface area contributed by atoms with Gasteiger partial charge in [0.15, 0.2) is 0 Å². The summed E-state index contributed by atoms with van der Waals surface area (Å²) in [5, 5.41) is 0. The van der Waals surface area contributed by atoms with Gasteiger partial charge >= 0.3 is 0 Å². The Bertz CT molecular complexity index is 274. The second kappa shape index (κ2) is 7.25. The van der Waals surface area contributed by atoms with E-state index in [4.69, 9.17) is 0 Å². The molecule has 16 heavy (non-hydrogen) atoms. The van der Waals surface area contributed by atoms with Crippen molar-refractivity contribution >= 4 is 10.2 Å². The lowest BCUT2D eigenvalue weighted by Gasteiger charge is -2.29. The van der Waals surface area contributed by atoms with Crippen molar-refractivity contribution in [2.75, 3.05) is 20.6 Å². The van der Waals surface area contributed by atoms with Crippen LogP contribution in [0, 0.1) is 0 Å². The molecule has 0 spiro atoms. The van der Waals surface area contributed by atoms with Gasteiger partial charge in [-0.2, -0.15) is 17.0 Å². The van der Waals surface area contributed by atoms with Crippen molar-refractivity contribution in [1.82, 2.24) is 8.61 Å². The third-order valence-electron chi connectivity index (χ3n) is 3.04. The minimum Gasteiger partial charge on any atom is -0.195 e. The Morgan fingerprint density at radius 2 is 1.56 bits per heavy atom. The van der Waals surface area contributed by atoms with Gasteiger partial charge in [0, 0.05) is 26.7 Å². The average molecular weight is 250 g/mol. The summed E-state index contributed by atoms with van der Waals surface area (Å²) in [5.41, 5.74) is 0. The highest BCUT2D eigenvalue weighted by Gasteiger charge is 2.27. The molecule has 0 aliphatic rings. The van der Waals surface area contributed by atoms with Crippen LogP contribution in [-0.4, -0.2) is 43.7 Å². The molecule has 0 fully saturated rings. The number of unbranched alkanes of at least 4 members (excludes halogenated alkanes) is 1. The summed E-state index contributed by atoms with van der Waals surface area (Å²) in [6, 6.07) is 0.106. The zero-order chi connectivity index (χ0) is 12.8. The molecule has 0 saturated carbocycles. The second-order valence-corrected chi connectivity index (χ2v) is 6.26.